The van der Waals surface area contributed by atoms with Gasteiger partial charge in [-0.15, -0.1) is 0 Å². The Morgan fingerprint density at radius 3 is 2.25 bits per heavy atom. The third-order valence-corrected chi connectivity index (χ3v) is 1.35. The van der Waals surface area contributed by atoms with E-state index in [1.54, 1.807) is 0 Å². The fraction of sp³-hybridized carbons (Fsp3) is 0.875. The van der Waals surface area contributed by atoms with Gasteiger partial charge in [0.05, 0.1) is 19.8 Å². The molecule has 0 aromatic rings. The van der Waals surface area contributed by atoms with Crippen LogP contribution in [0.5, 0.6) is 0 Å². The fourth-order valence-corrected chi connectivity index (χ4v) is 0.696. The summed E-state index contributed by atoms with van der Waals surface area (Å²) >= 11 is 5.09. The van der Waals surface area contributed by atoms with Crippen LogP contribution in [0.2, 0.25) is 0 Å². The minimum Gasteiger partial charge on any atom is -0.379 e. The minimum absolute atomic E-state index is 0.273. The second-order valence-corrected chi connectivity index (χ2v) is 2.75. The van der Waals surface area contributed by atoms with E-state index in [1.807, 2.05) is 6.92 Å². The van der Waals surface area contributed by atoms with Crippen molar-refractivity contribution < 1.29 is 14.3 Å². The lowest BCUT2D eigenvalue weighted by atomic mass is 10.5. The molecular formula is C8H15ClO3. The molecule has 0 unspecified atom stereocenters. The van der Waals surface area contributed by atoms with Crippen LogP contribution in [0.3, 0.4) is 0 Å². The van der Waals surface area contributed by atoms with Gasteiger partial charge >= 0.3 is 0 Å². The summed E-state index contributed by atoms with van der Waals surface area (Å²) in [6.45, 7) is 4.32. The average molecular weight is 195 g/mol. The highest BCUT2D eigenvalue weighted by atomic mass is 35.5. The van der Waals surface area contributed by atoms with Gasteiger partial charge in [0.1, 0.15) is 0 Å². The topological polar surface area (TPSA) is 35.5 Å². The quantitative estimate of drug-likeness (QED) is 0.435. The molecule has 0 aliphatic carbocycles. The van der Waals surface area contributed by atoms with Crippen LogP contribution >= 0.6 is 11.6 Å². The highest BCUT2D eigenvalue weighted by molar-refractivity contribution is 6.63. The zero-order chi connectivity index (χ0) is 9.23. The SMILES string of the molecule is CCCOCCOCCC(=O)Cl. The van der Waals surface area contributed by atoms with Crippen molar-refractivity contribution in [3.8, 4) is 0 Å². The van der Waals surface area contributed by atoms with Crippen LogP contribution in [0.15, 0.2) is 0 Å². The van der Waals surface area contributed by atoms with E-state index in [2.05, 4.69) is 0 Å². The Kier molecular flexibility index (Phi) is 8.88. The number of ether oxygens (including phenoxy) is 2. The van der Waals surface area contributed by atoms with Crippen molar-refractivity contribution in [1.82, 2.24) is 0 Å². The standard InChI is InChI=1S/C8H15ClO3/c1-2-4-11-6-7-12-5-3-8(9)10/h2-7H2,1H3. The molecular weight excluding hydrogens is 180 g/mol. The molecule has 0 spiro atoms. The number of hydrogen-bond donors (Lipinski definition) is 0. The molecule has 12 heavy (non-hydrogen) atoms. The zero-order valence-electron chi connectivity index (χ0n) is 7.35. The van der Waals surface area contributed by atoms with Gasteiger partial charge in [0.25, 0.3) is 0 Å². The first-order valence-electron chi connectivity index (χ1n) is 4.11. The normalized spacial score (nSPS) is 10.2. The van der Waals surface area contributed by atoms with E-state index in [9.17, 15) is 4.79 Å². The first-order chi connectivity index (χ1) is 5.77. The Morgan fingerprint density at radius 2 is 1.75 bits per heavy atom. The number of rotatable bonds is 8. The van der Waals surface area contributed by atoms with Crippen molar-refractivity contribution in [2.45, 2.75) is 19.8 Å². The first kappa shape index (κ1) is 11.9. The molecule has 0 aliphatic rings. The number of hydrogen-bond acceptors (Lipinski definition) is 3. The van der Waals surface area contributed by atoms with E-state index in [-0.39, 0.29) is 11.7 Å². The van der Waals surface area contributed by atoms with E-state index in [1.165, 1.54) is 0 Å². The molecule has 0 fully saturated rings. The van der Waals surface area contributed by atoms with Crippen molar-refractivity contribution in [1.29, 1.82) is 0 Å². The molecule has 0 aromatic carbocycles. The van der Waals surface area contributed by atoms with Crippen molar-refractivity contribution in [3.63, 3.8) is 0 Å². The lowest BCUT2D eigenvalue weighted by Crippen LogP contribution is -2.06. The molecule has 0 bridgehead atoms. The Labute approximate surface area is 78.0 Å². The smallest absolute Gasteiger partial charge is 0.223 e. The molecule has 0 aromatic heterocycles. The minimum atomic E-state index is -0.357. The lowest BCUT2D eigenvalue weighted by molar-refractivity contribution is -0.112. The van der Waals surface area contributed by atoms with Crippen LogP contribution in [0.25, 0.3) is 0 Å². The summed E-state index contributed by atoms with van der Waals surface area (Å²) in [6, 6.07) is 0. The molecule has 0 saturated carbocycles. The maximum Gasteiger partial charge on any atom is 0.223 e. The average Bonchev–Trinajstić information content (AvgIpc) is 2.02. The summed E-state index contributed by atoms with van der Waals surface area (Å²) in [4.78, 5) is 10.2. The van der Waals surface area contributed by atoms with E-state index < -0.39 is 0 Å². The largest absolute Gasteiger partial charge is 0.379 e. The van der Waals surface area contributed by atoms with Gasteiger partial charge in [-0.25, -0.2) is 0 Å². The molecule has 0 atom stereocenters. The Bertz CT molecular complexity index is 117. The highest BCUT2D eigenvalue weighted by Gasteiger charge is 1.94. The summed E-state index contributed by atoms with van der Waals surface area (Å²) < 4.78 is 10.2. The third kappa shape index (κ3) is 9.88. The van der Waals surface area contributed by atoms with Gasteiger partial charge in [0.2, 0.25) is 5.24 Å². The lowest BCUT2D eigenvalue weighted by Gasteiger charge is -2.02. The molecule has 0 heterocycles. The molecule has 0 saturated heterocycles. The Hall–Kier alpha value is -0.120. The summed E-state index contributed by atoms with van der Waals surface area (Å²) in [7, 11) is 0. The summed E-state index contributed by atoms with van der Waals surface area (Å²) in [6.07, 6.45) is 1.29. The van der Waals surface area contributed by atoms with Gasteiger partial charge in [-0.1, -0.05) is 6.92 Å². The van der Waals surface area contributed by atoms with Crippen molar-refractivity contribution >= 4 is 16.8 Å². The number of carbonyl (C=O) groups is 1. The van der Waals surface area contributed by atoms with E-state index in [0.717, 1.165) is 13.0 Å². The maximum absolute atomic E-state index is 10.2. The van der Waals surface area contributed by atoms with Crippen LogP contribution in [-0.2, 0) is 14.3 Å². The second-order valence-electron chi connectivity index (χ2n) is 2.33. The zero-order valence-corrected chi connectivity index (χ0v) is 8.10. The summed E-state index contributed by atoms with van der Waals surface area (Å²) in [5, 5.41) is -0.357. The Balaban J connectivity index is 2.86. The fourth-order valence-electron chi connectivity index (χ4n) is 0.619. The summed E-state index contributed by atoms with van der Waals surface area (Å²) in [5.41, 5.74) is 0. The molecule has 0 amide bonds. The van der Waals surface area contributed by atoms with Crippen LogP contribution in [0.1, 0.15) is 19.8 Å². The van der Waals surface area contributed by atoms with Crippen molar-refractivity contribution in [3.05, 3.63) is 0 Å². The van der Waals surface area contributed by atoms with Gasteiger partial charge in [-0.3, -0.25) is 4.79 Å². The monoisotopic (exact) mass is 194 g/mol. The number of halogens is 1. The van der Waals surface area contributed by atoms with E-state index >= 15 is 0 Å². The molecule has 0 N–H and O–H groups in total. The van der Waals surface area contributed by atoms with Gasteiger partial charge in [0, 0.05) is 13.0 Å². The molecule has 3 nitrogen and oxygen atoms in total. The van der Waals surface area contributed by atoms with Crippen LogP contribution in [0.4, 0.5) is 0 Å². The molecule has 4 heteroatoms. The van der Waals surface area contributed by atoms with Gasteiger partial charge < -0.3 is 9.47 Å². The molecule has 0 aliphatic heterocycles. The van der Waals surface area contributed by atoms with Gasteiger partial charge in [0.15, 0.2) is 0 Å². The second kappa shape index (κ2) is 8.97. The van der Waals surface area contributed by atoms with Gasteiger partial charge in [-0.05, 0) is 18.0 Å². The first-order valence-corrected chi connectivity index (χ1v) is 4.49. The highest BCUT2D eigenvalue weighted by Crippen LogP contribution is 1.89. The summed E-state index contributed by atoms with van der Waals surface area (Å²) in [5.74, 6) is 0. The molecule has 0 rings (SSSR count). The van der Waals surface area contributed by atoms with E-state index in [0.29, 0.717) is 19.8 Å². The molecule has 72 valence electrons. The predicted octanol–water partition coefficient (Wildman–Crippen LogP) is 1.59. The van der Waals surface area contributed by atoms with Crippen molar-refractivity contribution in [2.75, 3.05) is 26.4 Å². The van der Waals surface area contributed by atoms with Crippen LogP contribution < -0.4 is 0 Å². The molecule has 0 radical (unpaired) electrons. The Morgan fingerprint density at radius 1 is 1.17 bits per heavy atom. The van der Waals surface area contributed by atoms with Gasteiger partial charge in [-0.2, -0.15) is 0 Å². The van der Waals surface area contributed by atoms with Crippen molar-refractivity contribution in [2.24, 2.45) is 0 Å². The predicted molar refractivity (Wildman–Crippen MR) is 47.4 cm³/mol. The third-order valence-electron chi connectivity index (χ3n) is 1.16. The van der Waals surface area contributed by atoms with Crippen LogP contribution in [0, 0.1) is 0 Å². The number of carbonyl (C=O) groups excluding carboxylic acids is 1. The van der Waals surface area contributed by atoms with E-state index in [4.69, 9.17) is 21.1 Å². The maximum atomic E-state index is 10.2. The van der Waals surface area contributed by atoms with Crippen LogP contribution in [-0.4, -0.2) is 31.7 Å².